The average molecular weight is 521 g/mol. The summed E-state index contributed by atoms with van der Waals surface area (Å²) < 4.78 is 22.7. The molecule has 150 valence electrons. The minimum absolute atomic E-state index is 0. The van der Waals surface area contributed by atoms with Crippen LogP contribution in [0, 0.1) is 0 Å². The van der Waals surface area contributed by atoms with E-state index in [9.17, 15) is 8.42 Å². The van der Waals surface area contributed by atoms with Crippen LogP contribution in [0.15, 0.2) is 41.4 Å². The van der Waals surface area contributed by atoms with E-state index in [1.54, 1.807) is 0 Å². The lowest BCUT2D eigenvalue weighted by molar-refractivity contribution is 0.601. The van der Waals surface area contributed by atoms with Crippen LogP contribution in [0.5, 0.6) is 0 Å². The van der Waals surface area contributed by atoms with Crippen molar-refractivity contribution in [3.63, 3.8) is 0 Å². The third kappa shape index (κ3) is 9.07. The highest BCUT2D eigenvalue weighted by atomic mass is 127. The van der Waals surface area contributed by atoms with Crippen molar-refractivity contribution in [1.82, 2.24) is 10.6 Å². The zero-order chi connectivity index (χ0) is 19.0. The normalized spacial score (nSPS) is 11.7. The highest BCUT2D eigenvalue weighted by Gasteiger charge is 2.05. The zero-order valence-corrected chi connectivity index (χ0v) is 20.0. The second kappa shape index (κ2) is 11.7. The van der Waals surface area contributed by atoms with Crippen LogP contribution in [-0.4, -0.2) is 27.2 Å². The van der Waals surface area contributed by atoms with Gasteiger partial charge in [-0.05, 0) is 36.6 Å². The van der Waals surface area contributed by atoms with E-state index < -0.39 is 9.84 Å². The zero-order valence-electron chi connectivity index (χ0n) is 16.0. The minimum Gasteiger partial charge on any atom is -0.357 e. The lowest BCUT2D eigenvalue weighted by atomic mass is 10.1. The lowest BCUT2D eigenvalue weighted by Gasteiger charge is -2.10. The van der Waals surface area contributed by atoms with Crippen molar-refractivity contribution >= 4 is 51.1 Å². The van der Waals surface area contributed by atoms with Crippen LogP contribution in [0.2, 0.25) is 0 Å². The molecule has 0 saturated carbocycles. The highest BCUT2D eigenvalue weighted by molar-refractivity contribution is 14.0. The molecule has 1 aromatic heterocycles. The number of nitrogens with one attached hydrogen (secondary N) is 2. The molecule has 2 N–H and O–H groups in total. The van der Waals surface area contributed by atoms with E-state index in [0.717, 1.165) is 36.6 Å². The average Bonchev–Trinajstić information content (AvgIpc) is 3.05. The van der Waals surface area contributed by atoms with Crippen molar-refractivity contribution in [3.8, 4) is 0 Å². The predicted molar refractivity (Wildman–Crippen MR) is 126 cm³/mol. The number of thiophene rings is 1. The summed E-state index contributed by atoms with van der Waals surface area (Å²) >= 11 is 1.82. The summed E-state index contributed by atoms with van der Waals surface area (Å²) in [5, 5.41) is 6.61. The van der Waals surface area contributed by atoms with E-state index in [0.29, 0.717) is 6.54 Å². The van der Waals surface area contributed by atoms with Gasteiger partial charge < -0.3 is 10.6 Å². The summed E-state index contributed by atoms with van der Waals surface area (Å²) in [6.45, 7) is 6.29. The molecular formula is C19H28IN3O2S2. The van der Waals surface area contributed by atoms with Gasteiger partial charge in [-0.2, -0.15) is 0 Å². The molecule has 5 nitrogen and oxygen atoms in total. The molecule has 0 atom stereocenters. The van der Waals surface area contributed by atoms with Gasteiger partial charge in [0, 0.05) is 22.6 Å². The molecule has 0 aliphatic heterocycles. The number of guanidine groups is 1. The first-order chi connectivity index (χ1) is 12.4. The first-order valence-electron chi connectivity index (χ1n) is 8.75. The van der Waals surface area contributed by atoms with Gasteiger partial charge in [-0.1, -0.05) is 31.2 Å². The maximum atomic E-state index is 11.3. The van der Waals surface area contributed by atoms with Gasteiger partial charge in [-0.25, -0.2) is 13.4 Å². The quantitative estimate of drug-likeness (QED) is 0.316. The third-order valence-corrected chi connectivity index (χ3v) is 5.80. The molecule has 27 heavy (non-hydrogen) atoms. The molecule has 1 heterocycles. The molecule has 0 bridgehead atoms. The largest absolute Gasteiger partial charge is 0.357 e. The monoisotopic (exact) mass is 521 g/mol. The Labute approximate surface area is 183 Å². The standard InChI is InChI=1S/C19H27N3O2S2.HI/c1-4-17-10-11-18(25-17)13-22-19(20-5-2)21-12-15-6-8-16(9-7-15)14-26(3,23)24;/h6-11H,4-5,12-14H2,1-3H3,(H2,20,21,22);1H. The Morgan fingerprint density at radius 1 is 1.00 bits per heavy atom. The Balaban J connectivity index is 0.00000364. The summed E-state index contributed by atoms with van der Waals surface area (Å²) in [4.78, 5) is 7.29. The summed E-state index contributed by atoms with van der Waals surface area (Å²) in [6.07, 6.45) is 2.31. The second-order valence-corrected chi connectivity index (χ2v) is 9.55. The van der Waals surface area contributed by atoms with Crippen molar-refractivity contribution in [2.75, 3.05) is 12.8 Å². The fourth-order valence-corrected chi connectivity index (χ4v) is 4.13. The number of benzene rings is 1. The van der Waals surface area contributed by atoms with Crippen LogP contribution in [0.4, 0.5) is 0 Å². The smallest absolute Gasteiger partial charge is 0.191 e. The maximum Gasteiger partial charge on any atom is 0.191 e. The third-order valence-electron chi connectivity index (χ3n) is 3.71. The molecule has 0 spiro atoms. The van der Waals surface area contributed by atoms with Gasteiger partial charge in [0.2, 0.25) is 0 Å². The van der Waals surface area contributed by atoms with Crippen molar-refractivity contribution in [1.29, 1.82) is 0 Å². The van der Waals surface area contributed by atoms with Gasteiger partial charge in [0.05, 0.1) is 18.8 Å². The van der Waals surface area contributed by atoms with Crippen molar-refractivity contribution in [2.45, 2.75) is 39.1 Å². The van der Waals surface area contributed by atoms with E-state index in [2.05, 4.69) is 34.7 Å². The molecule has 0 aliphatic rings. The fourth-order valence-electron chi connectivity index (χ4n) is 2.43. The second-order valence-electron chi connectivity index (χ2n) is 6.16. The number of hydrogen-bond acceptors (Lipinski definition) is 4. The number of sulfone groups is 1. The number of aryl methyl sites for hydroxylation is 1. The fraction of sp³-hybridized carbons (Fsp3) is 0.421. The van der Waals surface area contributed by atoms with Crippen LogP contribution < -0.4 is 10.6 Å². The summed E-state index contributed by atoms with van der Waals surface area (Å²) in [5.74, 6) is 0.848. The van der Waals surface area contributed by atoms with Gasteiger partial charge in [-0.3, -0.25) is 0 Å². The Kier molecular flexibility index (Phi) is 10.3. The van der Waals surface area contributed by atoms with E-state index >= 15 is 0 Å². The first kappa shape index (κ1) is 23.9. The molecule has 1 aromatic carbocycles. The van der Waals surface area contributed by atoms with E-state index in [1.165, 1.54) is 16.0 Å². The van der Waals surface area contributed by atoms with Gasteiger partial charge in [0.25, 0.3) is 0 Å². The van der Waals surface area contributed by atoms with Crippen molar-refractivity contribution in [3.05, 3.63) is 57.3 Å². The molecular weight excluding hydrogens is 493 g/mol. The van der Waals surface area contributed by atoms with Crippen LogP contribution in [-0.2, 0) is 35.1 Å². The number of hydrogen-bond donors (Lipinski definition) is 2. The topological polar surface area (TPSA) is 70.6 Å². The van der Waals surface area contributed by atoms with Gasteiger partial charge >= 0.3 is 0 Å². The Hall–Kier alpha value is -1.13. The molecule has 0 radical (unpaired) electrons. The molecule has 2 rings (SSSR count). The lowest BCUT2D eigenvalue weighted by Crippen LogP contribution is -2.36. The van der Waals surface area contributed by atoms with E-state index in [-0.39, 0.29) is 29.7 Å². The number of aliphatic imine (C=N–C) groups is 1. The molecule has 0 fully saturated rings. The van der Waals surface area contributed by atoms with Crippen LogP contribution in [0.1, 0.15) is 34.7 Å². The van der Waals surface area contributed by atoms with Crippen LogP contribution in [0.25, 0.3) is 0 Å². The predicted octanol–water partition coefficient (Wildman–Crippen LogP) is 3.73. The summed E-state index contributed by atoms with van der Waals surface area (Å²) in [7, 11) is -3.00. The van der Waals surface area contributed by atoms with Gasteiger partial charge in [0.1, 0.15) is 0 Å². The maximum absolute atomic E-state index is 11.3. The van der Waals surface area contributed by atoms with E-state index in [4.69, 9.17) is 0 Å². The summed E-state index contributed by atoms with van der Waals surface area (Å²) in [5.41, 5.74) is 1.85. The van der Waals surface area contributed by atoms with Gasteiger partial charge in [-0.15, -0.1) is 35.3 Å². The van der Waals surface area contributed by atoms with Gasteiger partial charge in [0.15, 0.2) is 15.8 Å². The number of rotatable bonds is 8. The van der Waals surface area contributed by atoms with Crippen molar-refractivity contribution < 1.29 is 8.42 Å². The Morgan fingerprint density at radius 3 is 2.19 bits per heavy atom. The first-order valence-corrected chi connectivity index (χ1v) is 11.6. The molecule has 8 heteroatoms. The minimum atomic E-state index is -3.00. The Morgan fingerprint density at radius 2 is 1.63 bits per heavy atom. The number of nitrogens with zero attached hydrogens (tertiary/aromatic N) is 1. The number of halogens is 1. The van der Waals surface area contributed by atoms with E-state index in [1.807, 2.05) is 42.5 Å². The molecule has 2 aromatic rings. The van der Waals surface area contributed by atoms with Crippen LogP contribution in [0.3, 0.4) is 0 Å². The Bertz CT molecular complexity index is 831. The van der Waals surface area contributed by atoms with Crippen LogP contribution >= 0.6 is 35.3 Å². The molecule has 0 saturated heterocycles. The molecule has 0 amide bonds. The highest BCUT2D eigenvalue weighted by Crippen LogP contribution is 2.16. The molecule has 0 unspecified atom stereocenters. The van der Waals surface area contributed by atoms with Crippen molar-refractivity contribution in [2.24, 2.45) is 4.99 Å². The molecule has 0 aliphatic carbocycles. The summed E-state index contributed by atoms with van der Waals surface area (Å²) in [6, 6.07) is 11.9. The SMILES string of the molecule is CCNC(=NCc1ccc(CS(C)(=O)=O)cc1)NCc1ccc(CC)s1.I.